The van der Waals surface area contributed by atoms with Crippen LogP contribution in [0, 0.1) is 0 Å². The molecule has 0 aromatic carbocycles. The average Bonchev–Trinajstić information content (AvgIpc) is 2.09. The molecule has 0 spiro atoms. The quantitative estimate of drug-likeness (QED) is 0.389. The molecular weight excluding hydrogens is 134 g/mol. The molecule has 1 saturated heterocycles. The van der Waals surface area contributed by atoms with Crippen LogP contribution in [-0.2, 0) is 9.53 Å². The van der Waals surface area contributed by atoms with Gasteiger partial charge in [-0.2, -0.15) is 0 Å². The molecule has 0 aromatic heterocycles. The van der Waals surface area contributed by atoms with Crippen LogP contribution in [0.25, 0.3) is 0 Å². The summed E-state index contributed by atoms with van der Waals surface area (Å²) in [6.45, 7) is 3.31. The lowest BCUT2D eigenvalue weighted by Gasteiger charge is -1.99. The Morgan fingerprint density at radius 2 is 2.10 bits per heavy atom. The normalized spacial score (nSPS) is 37.4. The van der Waals surface area contributed by atoms with Gasteiger partial charge in [0.05, 0.1) is 0 Å². The second-order valence-corrected chi connectivity index (χ2v) is 2.27. The Bertz CT molecular complexity index is 187. The number of Topliss-reactive ketones (excluding diaryl/α,β-unsaturated/α-hetero) is 1. The molecule has 1 N–H and O–H groups in total. The SMILES string of the molecule is CC1OC(C)/C(=N\O)C1=O. The van der Waals surface area contributed by atoms with E-state index in [2.05, 4.69) is 5.16 Å². The highest BCUT2D eigenvalue weighted by Gasteiger charge is 2.34. The fourth-order valence-corrected chi connectivity index (χ4v) is 0.972. The van der Waals surface area contributed by atoms with Gasteiger partial charge in [-0.3, -0.25) is 4.79 Å². The Morgan fingerprint density at radius 1 is 1.50 bits per heavy atom. The van der Waals surface area contributed by atoms with E-state index in [0.29, 0.717) is 0 Å². The smallest absolute Gasteiger partial charge is 0.211 e. The van der Waals surface area contributed by atoms with Gasteiger partial charge in [0.1, 0.15) is 12.2 Å². The van der Waals surface area contributed by atoms with Crippen molar-refractivity contribution in [3.8, 4) is 0 Å². The molecule has 1 fully saturated rings. The zero-order valence-electron chi connectivity index (χ0n) is 5.87. The van der Waals surface area contributed by atoms with Gasteiger partial charge in [0.15, 0.2) is 5.71 Å². The Morgan fingerprint density at radius 3 is 2.30 bits per heavy atom. The Balaban J connectivity index is 2.85. The highest BCUT2D eigenvalue weighted by Crippen LogP contribution is 2.12. The molecule has 4 heteroatoms. The van der Waals surface area contributed by atoms with E-state index in [-0.39, 0.29) is 17.6 Å². The number of carbonyl (C=O) groups is 1. The fourth-order valence-electron chi connectivity index (χ4n) is 0.972. The minimum absolute atomic E-state index is 0.118. The third-order valence-electron chi connectivity index (χ3n) is 1.52. The fraction of sp³-hybridized carbons (Fsp3) is 0.667. The van der Waals surface area contributed by atoms with Crippen LogP contribution in [0.15, 0.2) is 5.16 Å². The maximum absolute atomic E-state index is 10.9. The topological polar surface area (TPSA) is 58.9 Å². The van der Waals surface area contributed by atoms with Gasteiger partial charge in [-0.1, -0.05) is 5.16 Å². The molecule has 2 unspecified atom stereocenters. The standard InChI is InChI=1S/C6H9NO3/c1-3-5(7-9)6(8)4(2)10-3/h3-4,9H,1-2H3/b7-5+. The third-order valence-corrected chi connectivity index (χ3v) is 1.52. The van der Waals surface area contributed by atoms with E-state index in [0.717, 1.165) is 0 Å². The van der Waals surface area contributed by atoms with Crippen LogP contribution in [0.2, 0.25) is 0 Å². The van der Waals surface area contributed by atoms with Crippen molar-refractivity contribution in [2.45, 2.75) is 26.1 Å². The largest absolute Gasteiger partial charge is 0.410 e. The van der Waals surface area contributed by atoms with Crippen LogP contribution in [0.3, 0.4) is 0 Å². The average molecular weight is 143 g/mol. The van der Waals surface area contributed by atoms with E-state index in [9.17, 15) is 4.79 Å². The number of hydrogen-bond acceptors (Lipinski definition) is 4. The second kappa shape index (κ2) is 2.38. The number of ether oxygens (including phenoxy) is 1. The highest BCUT2D eigenvalue weighted by atomic mass is 16.5. The summed E-state index contributed by atoms with van der Waals surface area (Å²) in [4.78, 5) is 10.9. The number of nitrogens with zero attached hydrogens (tertiary/aromatic N) is 1. The van der Waals surface area contributed by atoms with Gasteiger partial charge in [0.2, 0.25) is 5.78 Å². The van der Waals surface area contributed by atoms with Crippen molar-refractivity contribution in [1.82, 2.24) is 0 Å². The molecule has 2 atom stereocenters. The van der Waals surface area contributed by atoms with Crippen molar-refractivity contribution < 1.29 is 14.7 Å². The van der Waals surface area contributed by atoms with Crippen molar-refractivity contribution in [2.24, 2.45) is 5.16 Å². The molecule has 56 valence electrons. The van der Waals surface area contributed by atoms with Gasteiger partial charge in [-0.15, -0.1) is 0 Å². The molecule has 0 radical (unpaired) electrons. The molecule has 0 aromatic rings. The molecule has 0 bridgehead atoms. The first-order chi connectivity index (χ1) is 4.66. The Kier molecular flexibility index (Phi) is 1.72. The lowest BCUT2D eigenvalue weighted by atomic mass is 10.1. The van der Waals surface area contributed by atoms with Crippen LogP contribution in [0.5, 0.6) is 0 Å². The number of carbonyl (C=O) groups excluding carboxylic acids is 1. The van der Waals surface area contributed by atoms with Crippen molar-refractivity contribution in [1.29, 1.82) is 0 Å². The summed E-state index contributed by atoms with van der Waals surface area (Å²) in [6, 6.07) is 0. The van der Waals surface area contributed by atoms with Crippen LogP contribution in [-0.4, -0.2) is 28.9 Å². The number of rotatable bonds is 0. The second-order valence-electron chi connectivity index (χ2n) is 2.27. The summed E-state index contributed by atoms with van der Waals surface area (Å²) < 4.78 is 5.04. The molecule has 0 amide bonds. The highest BCUT2D eigenvalue weighted by molar-refractivity contribution is 6.44. The Hall–Kier alpha value is -0.900. The molecule has 1 heterocycles. The van der Waals surface area contributed by atoms with Gasteiger partial charge in [0, 0.05) is 0 Å². The van der Waals surface area contributed by atoms with Gasteiger partial charge in [-0.05, 0) is 13.8 Å². The zero-order chi connectivity index (χ0) is 7.72. The van der Waals surface area contributed by atoms with Crippen LogP contribution in [0.1, 0.15) is 13.8 Å². The third kappa shape index (κ3) is 0.903. The minimum Gasteiger partial charge on any atom is -0.410 e. The van der Waals surface area contributed by atoms with Crippen LogP contribution in [0.4, 0.5) is 0 Å². The van der Waals surface area contributed by atoms with Gasteiger partial charge < -0.3 is 9.94 Å². The molecular formula is C6H9NO3. The van der Waals surface area contributed by atoms with Gasteiger partial charge in [0.25, 0.3) is 0 Å². The first-order valence-corrected chi connectivity index (χ1v) is 3.08. The van der Waals surface area contributed by atoms with Crippen molar-refractivity contribution >= 4 is 11.5 Å². The van der Waals surface area contributed by atoms with E-state index in [1.807, 2.05) is 0 Å². The molecule has 1 rings (SSSR count). The Labute approximate surface area is 58.5 Å². The van der Waals surface area contributed by atoms with Crippen LogP contribution < -0.4 is 0 Å². The molecule has 1 aliphatic heterocycles. The summed E-state index contributed by atoms with van der Waals surface area (Å²) in [5, 5.41) is 11.2. The molecule has 1 aliphatic rings. The van der Waals surface area contributed by atoms with E-state index >= 15 is 0 Å². The van der Waals surface area contributed by atoms with E-state index < -0.39 is 6.10 Å². The van der Waals surface area contributed by atoms with Gasteiger partial charge in [-0.25, -0.2) is 0 Å². The number of hydrogen-bond donors (Lipinski definition) is 1. The van der Waals surface area contributed by atoms with Crippen molar-refractivity contribution in [3.63, 3.8) is 0 Å². The summed E-state index contributed by atoms with van der Waals surface area (Å²) in [6.07, 6.45) is -0.826. The van der Waals surface area contributed by atoms with Crippen LogP contribution >= 0.6 is 0 Å². The predicted molar refractivity (Wildman–Crippen MR) is 34.2 cm³/mol. The van der Waals surface area contributed by atoms with Crippen molar-refractivity contribution in [2.75, 3.05) is 0 Å². The minimum atomic E-state index is -0.458. The van der Waals surface area contributed by atoms with Gasteiger partial charge >= 0.3 is 0 Å². The lowest BCUT2D eigenvalue weighted by molar-refractivity contribution is -0.119. The summed E-state index contributed by atoms with van der Waals surface area (Å²) in [5.41, 5.74) is 0.118. The molecule has 4 nitrogen and oxygen atoms in total. The zero-order valence-corrected chi connectivity index (χ0v) is 5.87. The molecule has 10 heavy (non-hydrogen) atoms. The summed E-state index contributed by atoms with van der Waals surface area (Å²) in [7, 11) is 0. The molecule has 0 saturated carbocycles. The maximum Gasteiger partial charge on any atom is 0.211 e. The van der Waals surface area contributed by atoms with E-state index in [1.54, 1.807) is 13.8 Å². The monoisotopic (exact) mass is 143 g/mol. The number of oxime groups is 1. The maximum atomic E-state index is 10.9. The van der Waals surface area contributed by atoms with E-state index in [4.69, 9.17) is 9.94 Å². The predicted octanol–water partition coefficient (Wildman–Crippen LogP) is 0.193. The lowest BCUT2D eigenvalue weighted by Crippen LogP contribution is -2.18. The first kappa shape index (κ1) is 7.21. The summed E-state index contributed by atoms with van der Waals surface area (Å²) in [5.74, 6) is -0.227. The first-order valence-electron chi connectivity index (χ1n) is 3.08. The van der Waals surface area contributed by atoms with Crippen molar-refractivity contribution in [3.05, 3.63) is 0 Å². The van der Waals surface area contributed by atoms with E-state index in [1.165, 1.54) is 0 Å². The number of ketones is 1. The summed E-state index contributed by atoms with van der Waals surface area (Å²) >= 11 is 0. The molecule has 0 aliphatic carbocycles.